The van der Waals surface area contributed by atoms with Crippen LogP contribution in [0.4, 0.5) is 11.5 Å². The topological polar surface area (TPSA) is 99.2 Å². The highest BCUT2D eigenvalue weighted by molar-refractivity contribution is 7.92. The van der Waals surface area contributed by atoms with Crippen molar-refractivity contribution in [3.63, 3.8) is 0 Å². The summed E-state index contributed by atoms with van der Waals surface area (Å²) in [4.78, 5) is -0.0908. The number of nitrogens with zero attached hydrogens (tertiary/aromatic N) is 2. The molecule has 0 saturated heterocycles. The van der Waals surface area contributed by atoms with Crippen LogP contribution in [0, 0.1) is 0 Å². The van der Waals surface area contributed by atoms with E-state index in [1.807, 2.05) is 0 Å². The fourth-order valence-electron chi connectivity index (χ4n) is 1.63. The van der Waals surface area contributed by atoms with E-state index in [-0.39, 0.29) is 10.7 Å². The van der Waals surface area contributed by atoms with E-state index in [4.69, 9.17) is 22.1 Å². The van der Waals surface area contributed by atoms with E-state index in [1.54, 1.807) is 13.1 Å². The van der Waals surface area contributed by atoms with Crippen LogP contribution in [0.25, 0.3) is 0 Å². The van der Waals surface area contributed by atoms with Gasteiger partial charge >= 0.3 is 0 Å². The first-order valence-corrected chi connectivity index (χ1v) is 7.35. The lowest BCUT2D eigenvalue weighted by atomic mass is 10.3. The molecule has 0 aliphatic heterocycles. The highest BCUT2D eigenvalue weighted by Gasteiger charge is 2.21. The predicted octanol–water partition coefficient (Wildman–Crippen LogP) is 1.47. The van der Waals surface area contributed by atoms with Crippen molar-refractivity contribution in [2.75, 3.05) is 17.6 Å². The average Bonchev–Trinajstić information content (AvgIpc) is 2.69. The van der Waals surface area contributed by atoms with E-state index in [0.29, 0.717) is 16.5 Å². The molecular formula is C11H13ClN4O3S. The minimum atomic E-state index is -3.82. The Kier molecular flexibility index (Phi) is 3.78. The Balaban J connectivity index is 2.33. The number of benzene rings is 1. The van der Waals surface area contributed by atoms with Crippen LogP contribution < -0.4 is 15.2 Å². The summed E-state index contributed by atoms with van der Waals surface area (Å²) in [6.45, 7) is 0. The number of nitrogen functional groups attached to an aromatic ring is 1. The van der Waals surface area contributed by atoms with Crippen LogP contribution in [0.3, 0.4) is 0 Å². The maximum absolute atomic E-state index is 12.2. The van der Waals surface area contributed by atoms with Gasteiger partial charge in [0.15, 0.2) is 5.82 Å². The van der Waals surface area contributed by atoms with Gasteiger partial charge in [0.05, 0.1) is 17.8 Å². The fraction of sp³-hybridized carbons (Fsp3) is 0.182. The third kappa shape index (κ3) is 2.81. The number of nitrogens with one attached hydrogen (secondary N) is 1. The molecule has 1 aromatic heterocycles. The minimum absolute atomic E-state index is 0.0698. The summed E-state index contributed by atoms with van der Waals surface area (Å²) in [6.07, 6.45) is 1.32. The number of hydrogen-bond donors (Lipinski definition) is 2. The molecule has 0 spiro atoms. The molecule has 20 heavy (non-hydrogen) atoms. The number of sulfonamides is 1. The van der Waals surface area contributed by atoms with Gasteiger partial charge in [0.1, 0.15) is 10.6 Å². The summed E-state index contributed by atoms with van der Waals surface area (Å²) in [5.74, 6) is 0.384. The smallest absolute Gasteiger partial charge is 0.267 e. The molecule has 0 aliphatic carbocycles. The van der Waals surface area contributed by atoms with Crippen LogP contribution in [0.1, 0.15) is 0 Å². The average molecular weight is 317 g/mol. The summed E-state index contributed by atoms with van der Waals surface area (Å²) in [7, 11) is -0.761. The molecule has 108 valence electrons. The SMILES string of the molecule is COc1ccc(NS(=O)(=O)c2cn(C)nc2N)cc1Cl. The summed E-state index contributed by atoms with van der Waals surface area (Å²) < 4.78 is 33.1. The third-order valence-corrected chi connectivity index (χ3v) is 4.21. The number of aryl methyl sites for hydroxylation is 1. The third-order valence-electron chi connectivity index (χ3n) is 2.52. The monoisotopic (exact) mass is 316 g/mol. The second kappa shape index (κ2) is 5.22. The molecule has 2 aromatic rings. The van der Waals surface area contributed by atoms with Gasteiger partial charge in [-0.3, -0.25) is 9.40 Å². The molecule has 1 aromatic carbocycles. The minimum Gasteiger partial charge on any atom is -0.495 e. The summed E-state index contributed by atoms with van der Waals surface area (Å²) in [6, 6.07) is 4.55. The van der Waals surface area contributed by atoms with Gasteiger partial charge in [-0.1, -0.05) is 11.6 Å². The molecule has 0 aliphatic rings. The highest BCUT2D eigenvalue weighted by Crippen LogP contribution is 2.28. The lowest BCUT2D eigenvalue weighted by Crippen LogP contribution is -2.13. The molecule has 0 radical (unpaired) electrons. The van der Waals surface area contributed by atoms with E-state index in [1.165, 1.54) is 30.1 Å². The predicted molar refractivity (Wildman–Crippen MR) is 76.4 cm³/mol. The molecule has 1 heterocycles. The van der Waals surface area contributed by atoms with E-state index in [9.17, 15) is 8.42 Å². The van der Waals surface area contributed by atoms with Crippen molar-refractivity contribution in [3.05, 3.63) is 29.4 Å². The maximum atomic E-state index is 12.2. The lowest BCUT2D eigenvalue weighted by Gasteiger charge is -2.09. The van der Waals surface area contributed by atoms with Gasteiger partial charge in [0.2, 0.25) is 0 Å². The number of methoxy groups -OCH3 is 1. The molecule has 0 atom stereocenters. The van der Waals surface area contributed by atoms with Crippen molar-refractivity contribution in [3.8, 4) is 5.75 Å². The molecular weight excluding hydrogens is 304 g/mol. The molecule has 3 N–H and O–H groups in total. The first-order valence-electron chi connectivity index (χ1n) is 5.49. The number of rotatable bonds is 4. The van der Waals surface area contributed by atoms with Crippen LogP contribution in [-0.2, 0) is 17.1 Å². The van der Waals surface area contributed by atoms with Crippen LogP contribution in [0.15, 0.2) is 29.3 Å². The van der Waals surface area contributed by atoms with E-state index < -0.39 is 10.0 Å². The Bertz CT molecular complexity index is 742. The van der Waals surface area contributed by atoms with Gasteiger partial charge in [0, 0.05) is 13.2 Å². The second-order valence-corrected chi connectivity index (χ2v) is 6.07. The Morgan fingerprint density at radius 2 is 2.15 bits per heavy atom. The van der Waals surface area contributed by atoms with Gasteiger partial charge in [0.25, 0.3) is 10.0 Å². The van der Waals surface area contributed by atoms with Gasteiger partial charge < -0.3 is 10.5 Å². The Labute approximate surface area is 121 Å². The number of halogens is 1. The molecule has 7 nitrogen and oxygen atoms in total. The lowest BCUT2D eigenvalue weighted by molar-refractivity contribution is 0.415. The van der Waals surface area contributed by atoms with E-state index in [2.05, 4.69) is 9.82 Å². The van der Waals surface area contributed by atoms with E-state index in [0.717, 1.165) is 0 Å². The quantitative estimate of drug-likeness (QED) is 0.889. The van der Waals surface area contributed by atoms with Crippen molar-refractivity contribution < 1.29 is 13.2 Å². The van der Waals surface area contributed by atoms with Crippen molar-refractivity contribution in [1.82, 2.24) is 9.78 Å². The summed E-state index contributed by atoms with van der Waals surface area (Å²) in [5.41, 5.74) is 5.86. The van der Waals surface area contributed by atoms with Gasteiger partial charge in [-0.05, 0) is 18.2 Å². The summed E-state index contributed by atoms with van der Waals surface area (Å²) >= 11 is 5.94. The van der Waals surface area contributed by atoms with Gasteiger partial charge in [-0.2, -0.15) is 5.10 Å². The van der Waals surface area contributed by atoms with Crippen molar-refractivity contribution in [1.29, 1.82) is 0 Å². The van der Waals surface area contributed by atoms with Crippen LogP contribution in [0.5, 0.6) is 5.75 Å². The number of nitrogens with two attached hydrogens (primary N) is 1. The zero-order chi connectivity index (χ0) is 14.9. The fourth-order valence-corrected chi connectivity index (χ4v) is 3.04. The first-order chi connectivity index (χ1) is 9.33. The van der Waals surface area contributed by atoms with Gasteiger partial charge in [-0.25, -0.2) is 8.42 Å². The van der Waals surface area contributed by atoms with Gasteiger partial charge in [-0.15, -0.1) is 0 Å². The largest absolute Gasteiger partial charge is 0.495 e. The van der Waals surface area contributed by atoms with Crippen LogP contribution in [0.2, 0.25) is 5.02 Å². The molecule has 9 heteroatoms. The number of hydrogen-bond acceptors (Lipinski definition) is 5. The number of aromatic nitrogens is 2. The zero-order valence-electron chi connectivity index (χ0n) is 10.8. The van der Waals surface area contributed by atoms with E-state index >= 15 is 0 Å². The second-order valence-electron chi connectivity index (χ2n) is 4.01. The molecule has 0 fully saturated rings. The van der Waals surface area contributed by atoms with Crippen LogP contribution >= 0.6 is 11.6 Å². The standard InChI is InChI=1S/C11H13ClN4O3S/c1-16-6-10(11(13)14-16)20(17,18)15-7-3-4-9(19-2)8(12)5-7/h3-6,15H,1-2H3,(H2,13,14). The Hall–Kier alpha value is -1.93. The highest BCUT2D eigenvalue weighted by atomic mass is 35.5. The number of ether oxygens (including phenoxy) is 1. The normalized spacial score (nSPS) is 11.3. The van der Waals surface area contributed by atoms with Crippen molar-refractivity contribution >= 4 is 33.1 Å². The Morgan fingerprint density at radius 1 is 1.45 bits per heavy atom. The zero-order valence-corrected chi connectivity index (χ0v) is 12.4. The Morgan fingerprint density at radius 3 is 2.65 bits per heavy atom. The molecule has 0 saturated carbocycles. The molecule has 2 rings (SSSR count). The number of anilines is 2. The van der Waals surface area contributed by atoms with Crippen molar-refractivity contribution in [2.45, 2.75) is 4.90 Å². The summed E-state index contributed by atoms with van der Waals surface area (Å²) in [5, 5.41) is 4.09. The van der Waals surface area contributed by atoms with Crippen LogP contribution in [-0.4, -0.2) is 25.3 Å². The first kappa shape index (κ1) is 14.5. The molecule has 0 bridgehead atoms. The van der Waals surface area contributed by atoms with Crippen molar-refractivity contribution in [2.24, 2.45) is 7.05 Å². The molecule has 0 unspecified atom stereocenters. The maximum Gasteiger partial charge on any atom is 0.267 e. The molecule has 0 amide bonds.